The molecule has 182 valence electrons. The Kier molecular flexibility index (Phi) is 6.57. The minimum Gasteiger partial charge on any atom is -0.490 e. The first kappa shape index (κ1) is 23.1. The van der Waals surface area contributed by atoms with E-state index in [1.54, 1.807) is 23.4 Å². The number of hydrogen-bond donors (Lipinski definition) is 0. The molecule has 7 heteroatoms. The molecule has 35 heavy (non-hydrogen) atoms. The molecule has 0 radical (unpaired) electrons. The molecular formula is C28H30N2O5. The van der Waals surface area contributed by atoms with Gasteiger partial charge in [-0.05, 0) is 61.6 Å². The Balaban J connectivity index is 1.58. The summed E-state index contributed by atoms with van der Waals surface area (Å²) < 4.78 is 17.9. The van der Waals surface area contributed by atoms with Gasteiger partial charge in [0.25, 0.3) is 5.91 Å². The van der Waals surface area contributed by atoms with Gasteiger partial charge < -0.3 is 19.1 Å². The van der Waals surface area contributed by atoms with Crippen molar-refractivity contribution in [1.29, 1.82) is 0 Å². The molecule has 3 unspecified atom stereocenters. The van der Waals surface area contributed by atoms with E-state index in [0.717, 1.165) is 36.8 Å². The van der Waals surface area contributed by atoms with Crippen LogP contribution in [0.1, 0.15) is 49.8 Å². The first-order valence-corrected chi connectivity index (χ1v) is 12.3. The molecule has 5 rings (SSSR count). The van der Waals surface area contributed by atoms with Crippen LogP contribution >= 0.6 is 0 Å². The highest BCUT2D eigenvalue weighted by Gasteiger charge is 2.52. The number of Topliss-reactive ketones (excluding diaryl/α,β-unsaturated/α-hetero) is 1. The molecular weight excluding hydrogens is 444 g/mol. The Morgan fingerprint density at radius 2 is 1.91 bits per heavy atom. The third-order valence-electron chi connectivity index (χ3n) is 6.90. The summed E-state index contributed by atoms with van der Waals surface area (Å²) in [5.74, 6) is 0.966. The lowest BCUT2D eigenvalue weighted by Crippen LogP contribution is -2.39. The topological polar surface area (TPSA) is 78.0 Å². The van der Waals surface area contributed by atoms with Crippen molar-refractivity contribution >= 4 is 11.7 Å². The Bertz CT molecular complexity index is 1160. The summed E-state index contributed by atoms with van der Waals surface area (Å²) in [6.45, 7) is 6.75. The number of rotatable bonds is 8. The SMILES string of the molecule is C=CCOc1ccc(C2C3=C(OC4CCCCC4C3=O)C(=O)N2Cc2ccncc2)cc1OCC. The summed E-state index contributed by atoms with van der Waals surface area (Å²) >= 11 is 0. The number of benzene rings is 1. The molecule has 0 bridgehead atoms. The van der Waals surface area contributed by atoms with Gasteiger partial charge in [0.05, 0.1) is 24.1 Å². The Labute approximate surface area is 205 Å². The van der Waals surface area contributed by atoms with Gasteiger partial charge in [-0.3, -0.25) is 14.6 Å². The molecule has 3 heterocycles. The van der Waals surface area contributed by atoms with Crippen LogP contribution in [0.3, 0.4) is 0 Å². The second-order valence-corrected chi connectivity index (χ2v) is 9.08. The summed E-state index contributed by atoms with van der Waals surface area (Å²) in [7, 11) is 0. The van der Waals surface area contributed by atoms with Crippen LogP contribution in [0.4, 0.5) is 0 Å². The maximum Gasteiger partial charge on any atom is 0.290 e. The van der Waals surface area contributed by atoms with Crippen molar-refractivity contribution in [2.75, 3.05) is 13.2 Å². The van der Waals surface area contributed by atoms with Crippen LogP contribution in [0.2, 0.25) is 0 Å². The fourth-order valence-electron chi connectivity index (χ4n) is 5.32. The summed E-state index contributed by atoms with van der Waals surface area (Å²) in [6.07, 6.45) is 8.48. The number of ether oxygens (including phenoxy) is 3. The quantitative estimate of drug-likeness (QED) is 0.523. The highest BCUT2D eigenvalue weighted by molar-refractivity contribution is 6.11. The van der Waals surface area contributed by atoms with Crippen molar-refractivity contribution in [3.63, 3.8) is 0 Å². The van der Waals surface area contributed by atoms with E-state index in [1.165, 1.54) is 0 Å². The maximum atomic E-state index is 13.8. The van der Waals surface area contributed by atoms with Gasteiger partial charge in [-0.1, -0.05) is 25.1 Å². The standard InChI is InChI=1S/C28H30N2O5/c1-3-15-34-22-10-9-19(16-23(22)33-4-2)25-24-26(31)20-7-5-6-8-21(20)35-27(24)28(32)30(25)17-18-11-13-29-14-12-18/h3,9-14,16,20-21,25H,1,4-8,15,17H2,2H3. The van der Waals surface area contributed by atoms with E-state index in [9.17, 15) is 9.59 Å². The Hall–Kier alpha value is -3.61. The molecule has 0 N–H and O–H groups in total. The zero-order chi connectivity index (χ0) is 24.4. The van der Waals surface area contributed by atoms with Crippen LogP contribution in [0.5, 0.6) is 11.5 Å². The van der Waals surface area contributed by atoms with E-state index in [2.05, 4.69) is 11.6 Å². The van der Waals surface area contributed by atoms with Crippen molar-refractivity contribution in [3.8, 4) is 11.5 Å². The van der Waals surface area contributed by atoms with Crippen LogP contribution in [0, 0.1) is 5.92 Å². The molecule has 3 atom stereocenters. The number of nitrogens with zero attached hydrogens (tertiary/aromatic N) is 2. The van der Waals surface area contributed by atoms with Gasteiger partial charge in [-0.25, -0.2) is 0 Å². The maximum absolute atomic E-state index is 13.8. The van der Waals surface area contributed by atoms with Crippen molar-refractivity contribution in [2.45, 2.75) is 51.3 Å². The first-order chi connectivity index (χ1) is 17.1. The van der Waals surface area contributed by atoms with E-state index >= 15 is 0 Å². The number of carbonyl (C=O) groups excluding carboxylic acids is 2. The zero-order valence-electron chi connectivity index (χ0n) is 19.9. The van der Waals surface area contributed by atoms with Crippen LogP contribution in [-0.2, 0) is 20.9 Å². The lowest BCUT2D eigenvalue weighted by atomic mass is 9.77. The average molecular weight is 475 g/mol. The number of hydrogen-bond acceptors (Lipinski definition) is 6. The van der Waals surface area contributed by atoms with E-state index in [0.29, 0.717) is 36.8 Å². The molecule has 0 saturated heterocycles. The number of ketones is 1. The monoisotopic (exact) mass is 474 g/mol. The van der Waals surface area contributed by atoms with Gasteiger partial charge in [0.15, 0.2) is 23.0 Å². The number of amides is 1. The molecule has 0 spiro atoms. The fraction of sp³-hybridized carbons (Fsp3) is 0.393. The van der Waals surface area contributed by atoms with Crippen molar-refractivity contribution in [3.05, 3.63) is 77.8 Å². The van der Waals surface area contributed by atoms with Crippen molar-refractivity contribution in [1.82, 2.24) is 9.88 Å². The number of carbonyl (C=O) groups is 2. The number of pyridine rings is 1. The second-order valence-electron chi connectivity index (χ2n) is 9.08. The Morgan fingerprint density at radius 3 is 2.69 bits per heavy atom. The van der Waals surface area contributed by atoms with Gasteiger partial charge >= 0.3 is 0 Å². The largest absolute Gasteiger partial charge is 0.490 e. The molecule has 1 aliphatic carbocycles. The van der Waals surface area contributed by atoms with Crippen LogP contribution in [-0.4, -0.2) is 40.9 Å². The zero-order valence-corrected chi connectivity index (χ0v) is 19.9. The molecule has 7 nitrogen and oxygen atoms in total. The average Bonchev–Trinajstić information content (AvgIpc) is 3.15. The summed E-state index contributed by atoms with van der Waals surface area (Å²) in [5, 5.41) is 0. The highest BCUT2D eigenvalue weighted by atomic mass is 16.5. The fourth-order valence-corrected chi connectivity index (χ4v) is 5.32. The number of aromatic nitrogens is 1. The minimum absolute atomic E-state index is 0.0384. The van der Waals surface area contributed by atoms with Crippen LogP contribution in [0.25, 0.3) is 0 Å². The van der Waals surface area contributed by atoms with Gasteiger partial charge in [0.2, 0.25) is 0 Å². The van der Waals surface area contributed by atoms with E-state index in [1.807, 2.05) is 37.3 Å². The predicted molar refractivity (Wildman–Crippen MR) is 130 cm³/mol. The van der Waals surface area contributed by atoms with Gasteiger partial charge in [-0.2, -0.15) is 0 Å². The third kappa shape index (κ3) is 4.31. The molecule has 1 aromatic heterocycles. The minimum atomic E-state index is -0.561. The molecule has 1 aromatic carbocycles. The normalized spacial score (nSPS) is 23.5. The predicted octanol–water partition coefficient (Wildman–Crippen LogP) is 4.54. The van der Waals surface area contributed by atoms with Crippen LogP contribution in [0.15, 0.2) is 66.7 Å². The van der Waals surface area contributed by atoms with Gasteiger partial charge in [0, 0.05) is 18.9 Å². The third-order valence-corrected chi connectivity index (χ3v) is 6.90. The van der Waals surface area contributed by atoms with Crippen molar-refractivity contribution in [2.24, 2.45) is 5.92 Å². The summed E-state index contributed by atoms with van der Waals surface area (Å²) in [6, 6.07) is 8.79. The lowest BCUT2D eigenvalue weighted by molar-refractivity contribution is -0.135. The summed E-state index contributed by atoms with van der Waals surface area (Å²) in [4.78, 5) is 33.3. The van der Waals surface area contributed by atoms with Crippen LogP contribution < -0.4 is 9.47 Å². The lowest BCUT2D eigenvalue weighted by Gasteiger charge is -2.35. The molecule has 2 aromatic rings. The number of fused-ring (bicyclic) bond motifs is 1. The smallest absolute Gasteiger partial charge is 0.290 e. The van der Waals surface area contributed by atoms with E-state index in [4.69, 9.17) is 14.2 Å². The van der Waals surface area contributed by atoms with Gasteiger partial charge in [-0.15, -0.1) is 0 Å². The highest BCUT2D eigenvalue weighted by Crippen LogP contribution is 2.48. The molecule has 1 fully saturated rings. The molecule has 2 aliphatic heterocycles. The van der Waals surface area contributed by atoms with E-state index in [-0.39, 0.29) is 29.5 Å². The summed E-state index contributed by atoms with van der Waals surface area (Å²) in [5.41, 5.74) is 2.19. The Morgan fingerprint density at radius 1 is 1.11 bits per heavy atom. The van der Waals surface area contributed by atoms with E-state index < -0.39 is 6.04 Å². The second kappa shape index (κ2) is 9.94. The molecule has 1 saturated carbocycles. The molecule has 3 aliphatic rings. The molecule has 1 amide bonds. The first-order valence-electron chi connectivity index (χ1n) is 12.3. The van der Waals surface area contributed by atoms with Crippen molar-refractivity contribution < 1.29 is 23.8 Å². The van der Waals surface area contributed by atoms with Gasteiger partial charge in [0.1, 0.15) is 12.7 Å².